The van der Waals surface area contributed by atoms with Crippen LogP contribution < -0.4 is 5.32 Å². The van der Waals surface area contributed by atoms with Gasteiger partial charge < -0.3 is 5.32 Å². The first-order chi connectivity index (χ1) is 9.11. The SMILES string of the molecule is O=C(C[C@@H]1C[C@H]2CC[C@H]1C2)Nc1ccc(Br)cc1Cl. The molecule has 2 aliphatic carbocycles. The standard InChI is InChI=1S/C15H17BrClNO/c16-12-3-4-14(13(17)8-12)18-15(19)7-11-6-9-1-2-10(11)5-9/h3-4,8-11H,1-2,5-7H2,(H,18,19)/t9-,10-,11-/m0/s1. The van der Waals surface area contributed by atoms with Crippen LogP contribution in [0.1, 0.15) is 32.1 Å². The molecule has 2 nitrogen and oxygen atoms in total. The van der Waals surface area contributed by atoms with Crippen LogP contribution in [-0.4, -0.2) is 5.91 Å². The molecule has 1 N–H and O–H groups in total. The van der Waals surface area contributed by atoms with Crippen LogP contribution in [0.4, 0.5) is 5.69 Å². The lowest BCUT2D eigenvalue weighted by Crippen LogP contribution is -2.20. The molecule has 1 aromatic carbocycles. The second kappa shape index (κ2) is 5.45. The lowest BCUT2D eigenvalue weighted by molar-refractivity contribution is -0.117. The molecule has 0 radical (unpaired) electrons. The van der Waals surface area contributed by atoms with Gasteiger partial charge in [0.1, 0.15) is 0 Å². The van der Waals surface area contributed by atoms with Crippen LogP contribution >= 0.6 is 27.5 Å². The zero-order chi connectivity index (χ0) is 13.4. The maximum Gasteiger partial charge on any atom is 0.224 e. The van der Waals surface area contributed by atoms with Gasteiger partial charge in [-0.25, -0.2) is 0 Å². The summed E-state index contributed by atoms with van der Waals surface area (Å²) in [7, 11) is 0. The van der Waals surface area contributed by atoms with Gasteiger partial charge in [0.2, 0.25) is 5.91 Å². The summed E-state index contributed by atoms with van der Waals surface area (Å²) in [6.45, 7) is 0. The normalized spacial score (nSPS) is 28.6. The highest BCUT2D eigenvalue weighted by molar-refractivity contribution is 9.10. The molecule has 2 fully saturated rings. The van der Waals surface area contributed by atoms with Crippen molar-refractivity contribution in [1.82, 2.24) is 0 Å². The van der Waals surface area contributed by atoms with E-state index in [0.717, 1.165) is 16.3 Å². The van der Waals surface area contributed by atoms with E-state index in [2.05, 4.69) is 21.2 Å². The number of hydrogen-bond acceptors (Lipinski definition) is 1. The van der Waals surface area contributed by atoms with E-state index in [-0.39, 0.29) is 5.91 Å². The Bertz CT molecular complexity index is 505. The topological polar surface area (TPSA) is 29.1 Å². The Morgan fingerprint density at radius 1 is 1.37 bits per heavy atom. The molecular weight excluding hydrogens is 326 g/mol. The number of anilines is 1. The maximum atomic E-state index is 12.1. The van der Waals surface area contributed by atoms with Crippen molar-refractivity contribution in [2.45, 2.75) is 32.1 Å². The van der Waals surface area contributed by atoms with E-state index in [0.29, 0.717) is 23.0 Å². The monoisotopic (exact) mass is 341 g/mol. The predicted molar refractivity (Wildman–Crippen MR) is 81.3 cm³/mol. The minimum Gasteiger partial charge on any atom is -0.325 e. The van der Waals surface area contributed by atoms with Crippen LogP contribution in [-0.2, 0) is 4.79 Å². The molecule has 3 rings (SSSR count). The van der Waals surface area contributed by atoms with Crippen LogP contribution in [0, 0.1) is 17.8 Å². The van der Waals surface area contributed by atoms with Gasteiger partial charge in [-0.05, 0) is 55.2 Å². The third kappa shape index (κ3) is 2.97. The number of carbonyl (C=O) groups excluding carboxylic acids is 1. The Balaban J connectivity index is 1.59. The predicted octanol–water partition coefficient (Wildman–Crippen LogP) is 4.87. The van der Waals surface area contributed by atoms with Gasteiger partial charge >= 0.3 is 0 Å². The summed E-state index contributed by atoms with van der Waals surface area (Å²) < 4.78 is 0.920. The quantitative estimate of drug-likeness (QED) is 0.834. The number of amides is 1. The van der Waals surface area contributed by atoms with Gasteiger partial charge in [0.15, 0.2) is 0 Å². The van der Waals surface area contributed by atoms with E-state index in [9.17, 15) is 4.79 Å². The van der Waals surface area contributed by atoms with E-state index in [1.165, 1.54) is 25.7 Å². The Hall–Kier alpha value is -0.540. The zero-order valence-electron chi connectivity index (χ0n) is 10.7. The number of benzene rings is 1. The minimum atomic E-state index is 0.0989. The van der Waals surface area contributed by atoms with Crippen molar-refractivity contribution in [3.05, 3.63) is 27.7 Å². The van der Waals surface area contributed by atoms with E-state index in [4.69, 9.17) is 11.6 Å². The molecule has 0 spiro atoms. The van der Waals surface area contributed by atoms with Gasteiger partial charge in [0.05, 0.1) is 10.7 Å². The van der Waals surface area contributed by atoms with E-state index in [1.54, 1.807) is 6.07 Å². The molecule has 0 unspecified atom stereocenters. The molecule has 0 aromatic heterocycles. The molecule has 2 aliphatic rings. The highest BCUT2D eigenvalue weighted by Crippen LogP contribution is 2.49. The van der Waals surface area contributed by atoms with Gasteiger partial charge in [-0.1, -0.05) is 34.0 Å². The molecule has 2 saturated carbocycles. The zero-order valence-corrected chi connectivity index (χ0v) is 13.0. The van der Waals surface area contributed by atoms with Crippen molar-refractivity contribution in [3.8, 4) is 0 Å². The highest BCUT2D eigenvalue weighted by atomic mass is 79.9. The van der Waals surface area contributed by atoms with Gasteiger partial charge in [0, 0.05) is 10.9 Å². The molecule has 0 saturated heterocycles. The smallest absolute Gasteiger partial charge is 0.224 e. The molecule has 3 atom stereocenters. The molecule has 0 aliphatic heterocycles. The number of carbonyl (C=O) groups is 1. The number of fused-ring (bicyclic) bond motifs is 2. The Morgan fingerprint density at radius 2 is 2.21 bits per heavy atom. The fourth-order valence-corrected chi connectivity index (χ4v) is 4.38. The number of rotatable bonds is 3. The first kappa shape index (κ1) is 13.4. The number of hydrogen-bond donors (Lipinski definition) is 1. The molecular formula is C15H17BrClNO. The summed E-state index contributed by atoms with van der Waals surface area (Å²) in [6.07, 6.45) is 5.93. The fourth-order valence-electron chi connectivity index (χ4n) is 3.66. The van der Waals surface area contributed by atoms with Gasteiger partial charge in [-0.15, -0.1) is 0 Å². The molecule has 19 heavy (non-hydrogen) atoms. The Kier molecular flexibility index (Phi) is 3.86. The molecule has 102 valence electrons. The van der Waals surface area contributed by atoms with Gasteiger partial charge in [-0.2, -0.15) is 0 Å². The van der Waals surface area contributed by atoms with E-state index < -0.39 is 0 Å². The maximum absolute atomic E-state index is 12.1. The number of halogens is 2. The van der Waals surface area contributed by atoms with Crippen LogP contribution in [0.15, 0.2) is 22.7 Å². The molecule has 1 amide bonds. The Labute approximate surface area is 127 Å². The highest BCUT2D eigenvalue weighted by Gasteiger charge is 2.40. The number of nitrogens with one attached hydrogen (secondary N) is 1. The average Bonchev–Trinajstić information content (AvgIpc) is 2.95. The largest absolute Gasteiger partial charge is 0.325 e. The third-order valence-electron chi connectivity index (χ3n) is 4.54. The van der Waals surface area contributed by atoms with Crippen LogP contribution in [0.3, 0.4) is 0 Å². The average molecular weight is 343 g/mol. The second-order valence-electron chi connectivity index (χ2n) is 5.81. The third-order valence-corrected chi connectivity index (χ3v) is 5.34. The summed E-state index contributed by atoms with van der Waals surface area (Å²) in [4.78, 5) is 12.1. The molecule has 0 heterocycles. The second-order valence-corrected chi connectivity index (χ2v) is 7.13. The van der Waals surface area contributed by atoms with Crippen molar-refractivity contribution >= 4 is 39.1 Å². The van der Waals surface area contributed by atoms with E-state index >= 15 is 0 Å². The fraction of sp³-hybridized carbons (Fsp3) is 0.533. The summed E-state index contributed by atoms with van der Waals surface area (Å²) in [5.41, 5.74) is 0.707. The van der Waals surface area contributed by atoms with Crippen LogP contribution in [0.2, 0.25) is 5.02 Å². The lowest BCUT2D eigenvalue weighted by Gasteiger charge is -2.21. The van der Waals surface area contributed by atoms with Crippen molar-refractivity contribution in [3.63, 3.8) is 0 Å². The molecule has 1 aromatic rings. The van der Waals surface area contributed by atoms with Gasteiger partial charge in [0.25, 0.3) is 0 Å². The van der Waals surface area contributed by atoms with Crippen molar-refractivity contribution < 1.29 is 4.79 Å². The first-order valence-electron chi connectivity index (χ1n) is 6.86. The summed E-state index contributed by atoms with van der Waals surface area (Å²) in [5, 5.41) is 3.51. The van der Waals surface area contributed by atoms with Crippen molar-refractivity contribution in [1.29, 1.82) is 0 Å². The van der Waals surface area contributed by atoms with Crippen LogP contribution in [0.5, 0.6) is 0 Å². The molecule has 2 bridgehead atoms. The Morgan fingerprint density at radius 3 is 2.84 bits per heavy atom. The summed E-state index contributed by atoms with van der Waals surface area (Å²) in [5.74, 6) is 2.37. The lowest BCUT2D eigenvalue weighted by atomic mass is 9.86. The summed E-state index contributed by atoms with van der Waals surface area (Å²) in [6, 6.07) is 5.53. The molecule has 4 heteroatoms. The van der Waals surface area contributed by atoms with Crippen LogP contribution in [0.25, 0.3) is 0 Å². The summed E-state index contributed by atoms with van der Waals surface area (Å²) >= 11 is 9.47. The van der Waals surface area contributed by atoms with Gasteiger partial charge in [-0.3, -0.25) is 4.79 Å². The minimum absolute atomic E-state index is 0.0989. The van der Waals surface area contributed by atoms with Crippen molar-refractivity contribution in [2.75, 3.05) is 5.32 Å². The van der Waals surface area contributed by atoms with Crippen molar-refractivity contribution in [2.24, 2.45) is 17.8 Å². The van der Waals surface area contributed by atoms with E-state index in [1.807, 2.05) is 12.1 Å². The first-order valence-corrected chi connectivity index (χ1v) is 8.04.